The lowest BCUT2D eigenvalue weighted by Gasteiger charge is -2.32. The summed E-state index contributed by atoms with van der Waals surface area (Å²) in [6.45, 7) is 1.93. The van der Waals surface area contributed by atoms with Gasteiger partial charge in [-0.1, -0.05) is 18.2 Å². The number of hydrogen-bond donors (Lipinski definition) is 1. The van der Waals surface area contributed by atoms with Crippen LogP contribution in [0.5, 0.6) is 0 Å². The molecule has 2 aromatic carbocycles. The predicted molar refractivity (Wildman–Crippen MR) is 88.2 cm³/mol. The van der Waals surface area contributed by atoms with Crippen molar-refractivity contribution >= 4 is 17.1 Å². The minimum absolute atomic E-state index is 0.139. The zero-order valence-electron chi connectivity index (χ0n) is 12.4. The van der Waals surface area contributed by atoms with Crippen LogP contribution >= 0.6 is 0 Å². The Kier molecular flexibility index (Phi) is 3.96. The first-order valence-electron chi connectivity index (χ1n) is 7.51. The van der Waals surface area contributed by atoms with Crippen molar-refractivity contribution in [2.24, 2.45) is 0 Å². The second-order valence-corrected chi connectivity index (χ2v) is 5.61. The maximum atomic E-state index is 10.7. The first-order chi connectivity index (χ1) is 10.6. The highest BCUT2D eigenvalue weighted by molar-refractivity contribution is 5.66. The highest BCUT2D eigenvalue weighted by atomic mass is 16.6. The van der Waals surface area contributed by atoms with Crippen LogP contribution < -0.4 is 10.6 Å². The molecule has 0 saturated carbocycles. The van der Waals surface area contributed by atoms with E-state index in [2.05, 4.69) is 11.0 Å². The molecule has 0 saturated heterocycles. The molecule has 0 radical (unpaired) electrons. The lowest BCUT2D eigenvalue weighted by atomic mass is 9.99. The van der Waals surface area contributed by atoms with Crippen LogP contribution in [0.3, 0.4) is 0 Å². The smallest absolute Gasteiger partial charge is 0.269 e. The van der Waals surface area contributed by atoms with Crippen molar-refractivity contribution < 1.29 is 4.92 Å². The lowest BCUT2D eigenvalue weighted by molar-refractivity contribution is -0.384. The van der Waals surface area contributed by atoms with Crippen LogP contribution in [-0.2, 0) is 12.8 Å². The number of rotatable bonds is 4. The molecule has 2 N–H and O–H groups in total. The molecule has 1 heterocycles. The van der Waals surface area contributed by atoms with Gasteiger partial charge in [-0.05, 0) is 42.5 Å². The Morgan fingerprint density at radius 1 is 1.18 bits per heavy atom. The normalized spacial score (nSPS) is 13.7. The molecule has 0 aliphatic carbocycles. The number of nitro groups is 1. The van der Waals surface area contributed by atoms with E-state index in [1.54, 1.807) is 12.1 Å². The monoisotopic (exact) mass is 297 g/mol. The summed E-state index contributed by atoms with van der Waals surface area (Å²) in [5.74, 6) is 0. The summed E-state index contributed by atoms with van der Waals surface area (Å²) in [7, 11) is 0. The van der Waals surface area contributed by atoms with E-state index < -0.39 is 0 Å². The van der Waals surface area contributed by atoms with Crippen LogP contribution in [0.2, 0.25) is 0 Å². The van der Waals surface area contributed by atoms with Gasteiger partial charge in [-0.15, -0.1) is 0 Å². The molecule has 2 aromatic rings. The van der Waals surface area contributed by atoms with Crippen LogP contribution in [0, 0.1) is 10.1 Å². The second kappa shape index (κ2) is 6.05. The van der Waals surface area contributed by atoms with Gasteiger partial charge >= 0.3 is 0 Å². The summed E-state index contributed by atoms with van der Waals surface area (Å²) in [6.07, 6.45) is 3.02. The molecule has 0 bridgehead atoms. The van der Waals surface area contributed by atoms with Gasteiger partial charge in [0.05, 0.1) is 4.92 Å². The van der Waals surface area contributed by atoms with E-state index in [0.29, 0.717) is 0 Å². The van der Waals surface area contributed by atoms with Gasteiger partial charge in [-0.25, -0.2) is 0 Å². The second-order valence-electron chi connectivity index (χ2n) is 5.61. The number of hydrogen-bond acceptors (Lipinski definition) is 4. The molecule has 0 atom stereocenters. The van der Waals surface area contributed by atoms with Crippen LogP contribution in [0.15, 0.2) is 42.5 Å². The van der Waals surface area contributed by atoms with Crippen molar-refractivity contribution in [3.8, 4) is 0 Å². The largest absolute Gasteiger partial charge is 0.398 e. The van der Waals surface area contributed by atoms with E-state index in [9.17, 15) is 10.1 Å². The molecule has 3 rings (SSSR count). The molecule has 22 heavy (non-hydrogen) atoms. The minimum Gasteiger partial charge on any atom is -0.398 e. The van der Waals surface area contributed by atoms with E-state index in [1.165, 1.54) is 11.3 Å². The Bertz CT molecular complexity index is 683. The molecule has 0 fully saturated rings. The molecule has 0 aromatic heterocycles. The van der Waals surface area contributed by atoms with E-state index in [-0.39, 0.29) is 10.6 Å². The van der Waals surface area contributed by atoms with Crippen LogP contribution in [0.4, 0.5) is 17.1 Å². The summed E-state index contributed by atoms with van der Waals surface area (Å²) in [5.41, 5.74) is 10.7. The molecule has 5 nitrogen and oxygen atoms in total. The Morgan fingerprint density at radius 3 is 2.68 bits per heavy atom. The van der Waals surface area contributed by atoms with Gasteiger partial charge in [0.1, 0.15) is 0 Å². The van der Waals surface area contributed by atoms with Crippen LogP contribution in [0.1, 0.15) is 17.5 Å². The number of fused-ring (bicyclic) bond motifs is 1. The third-order valence-corrected chi connectivity index (χ3v) is 4.20. The van der Waals surface area contributed by atoms with E-state index in [1.807, 2.05) is 24.3 Å². The molecule has 1 aliphatic rings. The van der Waals surface area contributed by atoms with Gasteiger partial charge in [-0.3, -0.25) is 10.1 Å². The van der Waals surface area contributed by atoms with Gasteiger partial charge < -0.3 is 10.6 Å². The number of anilines is 2. The van der Waals surface area contributed by atoms with E-state index in [4.69, 9.17) is 5.73 Å². The third kappa shape index (κ3) is 2.88. The number of nitrogen functional groups attached to an aromatic ring is 1. The molecule has 0 spiro atoms. The van der Waals surface area contributed by atoms with Crippen molar-refractivity contribution in [3.63, 3.8) is 0 Å². The average Bonchev–Trinajstić information content (AvgIpc) is 2.54. The highest BCUT2D eigenvalue weighted by Gasteiger charge is 2.18. The number of nitrogens with zero attached hydrogens (tertiary/aromatic N) is 2. The molecule has 5 heteroatoms. The molecular weight excluding hydrogens is 278 g/mol. The number of benzene rings is 2. The summed E-state index contributed by atoms with van der Waals surface area (Å²) in [4.78, 5) is 12.7. The topological polar surface area (TPSA) is 72.4 Å². The fourth-order valence-corrected chi connectivity index (χ4v) is 3.01. The van der Waals surface area contributed by atoms with Gasteiger partial charge in [0.2, 0.25) is 0 Å². The Morgan fingerprint density at radius 2 is 1.95 bits per heavy atom. The zero-order valence-corrected chi connectivity index (χ0v) is 12.4. The van der Waals surface area contributed by atoms with Crippen molar-refractivity contribution in [2.45, 2.75) is 19.3 Å². The SMILES string of the molecule is Nc1cccc2c1CCCN2CCc1ccc([N+](=O)[O-])cc1. The Balaban J connectivity index is 1.70. The summed E-state index contributed by atoms with van der Waals surface area (Å²) >= 11 is 0. The molecule has 0 amide bonds. The van der Waals surface area contributed by atoms with Crippen molar-refractivity contribution in [1.82, 2.24) is 0 Å². The number of nitro benzene ring substituents is 1. The molecular formula is C17H19N3O2. The Hall–Kier alpha value is -2.56. The summed E-state index contributed by atoms with van der Waals surface area (Å²) in [6, 6.07) is 12.9. The first kappa shape index (κ1) is 14.4. The average molecular weight is 297 g/mol. The van der Waals surface area contributed by atoms with Crippen molar-refractivity contribution in [1.29, 1.82) is 0 Å². The lowest BCUT2D eigenvalue weighted by Crippen LogP contribution is -2.31. The maximum absolute atomic E-state index is 10.7. The van der Waals surface area contributed by atoms with Gasteiger partial charge in [0.25, 0.3) is 5.69 Å². The fraction of sp³-hybridized carbons (Fsp3) is 0.294. The minimum atomic E-state index is -0.368. The van der Waals surface area contributed by atoms with E-state index in [0.717, 1.165) is 43.6 Å². The Labute approximate surface area is 129 Å². The summed E-state index contributed by atoms with van der Waals surface area (Å²) in [5, 5.41) is 10.7. The van der Waals surface area contributed by atoms with Crippen LogP contribution in [-0.4, -0.2) is 18.0 Å². The van der Waals surface area contributed by atoms with Crippen molar-refractivity contribution in [3.05, 3.63) is 63.7 Å². The predicted octanol–water partition coefficient (Wildman–Crippen LogP) is 3.17. The fourth-order valence-electron chi connectivity index (χ4n) is 3.01. The highest BCUT2D eigenvalue weighted by Crippen LogP contribution is 2.31. The quantitative estimate of drug-likeness (QED) is 0.534. The van der Waals surface area contributed by atoms with Gasteiger partial charge in [0, 0.05) is 36.6 Å². The van der Waals surface area contributed by atoms with Crippen LogP contribution in [0.25, 0.3) is 0 Å². The van der Waals surface area contributed by atoms with E-state index >= 15 is 0 Å². The first-order valence-corrected chi connectivity index (χ1v) is 7.51. The number of nitrogens with two attached hydrogens (primary N) is 1. The summed E-state index contributed by atoms with van der Waals surface area (Å²) < 4.78 is 0. The number of non-ortho nitro benzene ring substituents is 1. The maximum Gasteiger partial charge on any atom is 0.269 e. The van der Waals surface area contributed by atoms with Crippen molar-refractivity contribution in [2.75, 3.05) is 23.7 Å². The zero-order chi connectivity index (χ0) is 15.5. The van der Waals surface area contributed by atoms with Gasteiger partial charge in [0.15, 0.2) is 0 Å². The molecule has 114 valence electrons. The third-order valence-electron chi connectivity index (χ3n) is 4.20. The molecule has 0 unspecified atom stereocenters. The standard InChI is InChI=1S/C17H19N3O2/c18-16-4-1-5-17-15(16)3-2-11-19(17)12-10-13-6-8-14(9-7-13)20(21)22/h1,4-9H,2-3,10-12,18H2. The molecule has 1 aliphatic heterocycles. The van der Waals surface area contributed by atoms with Gasteiger partial charge in [-0.2, -0.15) is 0 Å².